The van der Waals surface area contributed by atoms with Crippen LogP contribution in [0.2, 0.25) is 0 Å². The van der Waals surface area contributed by atoms with E-state index in [0.717, 1.165) is 44.4 Å². The van der Waals surface area contributed by atoms with Crippen LogP contribution >= 0.6 is 0 Å². The molecule has 0 heterocycles. The van der Waals surface area contributed by atoms with E-state index in [4.69, 9.17) is 4.74 Å². The highest BCUT2D eigenvalue weighted by Crippen LogP contribution is 2.28. The molecule has 0 amide bonds. The molecule has 1 aromatic carbocycles. The molecule has 1 aliphatic rings. The van der Waals surface area contributed by atoms with Gasteiger partial charge in [-0.25, -0.2) is 4.39 Å². The van der Waals surface area contributed by atoms with Crippen LogP contribution in [0.3, 0.4) is 0 Å². The first-order chi connectivity index (χ1) is 11.6. The molecule has 1 fully saturated rings. The average molecular weight is 334 g/mol. The van der Waals surface area contributed by atoms with Crippen LogP contribution in [0.5, 0.6) is 5.75 Å². The quantitative estimate of drug-likeness (QED) is 0.451. The summed E-state index contributed by atoms with van der Waals surface area (Å²) in [6.45, 7) is 4.80. The van der Waals surface area contributed by atoms with E-state index in [1.165, 1.54) is 25.0 Å². The van der Waals surface area contributed by atoms with Gasteiger partial charge in [-0.3, -0.25) is 0 Å². The molecule has 0 aromatic heterocycles. The molecule has 0 N–H and O–H groups in total. The highest BCUT2D eigenvalue weighted by atomic mass is 19.2. The van der Waals surface area contributed by atoms with Crippen molar-refractivity contribution in [3.05, 3.63) is 29.3 Å². The van der Waals surface area contributed by atoms with Crippen molar-refractivity contribution in [2.24, 2.45) is 11.8 Å². The van der Waals surface area contributed by atoms with Crippen LogP contribution in [-0.2, 0) is 0 Å². The molecule has 0 atom stereocenters. The second kappa shape index (κ2) is 9.67. The van der Waals surface area contributed by atoms with E-state index in [9.17, 15) is 8.78 Å². The summed E-state index contributed by atoms with van der Waals surface area (Å²) in [5, 5.41) is 0. The zero-order chi connectivity index (χ0) is 17.4. The number of rotatable bonds is 6. The Morgan fingerprint density at radius 1 is 1.04 bits per heavy atom. The lowest BCUT2D eigenvalue weighted by atomic mass is 9.83. The second-order valence-electron chi connectivity index (χ2n) is 6.87. The Hall–Kier alpha value is -1.56. The predicted molar refractivity (Wildman–Crippen MR) is 94.0 cm³/mol. The molecule has 0 bridgehead atoms. The maximum atomic E-state index is 14.2. The lowest BCUT2D eigenvalue weighted by Gasteiger charge is -2.21. The van der Waals surface area contributed by atoms with Gasteiger partial charge in [0.25, 0.3) is 0 Å². The van der Waals surface area contributed by atoms with Crippen LogP contribution in [0.1, 0.15) is 70.8 Å². The smallest absolute Gasteiger partial charge is 0.201 e. The number of hydrogen-bond donors (Lipinski definition) is 0. The van der Waals surface area contributed by atoms with Crippen LogP contribution in [0.4, 0.5) is 8.78 Å². The van der Waals surface area contributed by atoms with Crippen molar-refractivity contribution < 1.29 is 13.5 Å². The molecular weight excluding hydrogens is 306 g/mol. The van der Waals surface area contributed by atoms with Crippen molar-refractivity contribution in [2.45, 2.75) is 65.2 Å². The SMILES string of the molecule is CCCCCCOc1ccc(C#CC2CCC(C)CC2)c(F)c1F. The summed E-state index contributed by atoms with van der Waals surface area (Å²) in [7, 11) is 0. The van der Waals surface area contributed by atoms with Crippen molar-refractivity contribution in [1.29, 1.82) is 0 Å². The Labute approximate surface area is 144 Å². The molecule has 132 valence electrons. The molecule has 0 spiro atoms. The summed E-state index contributed by atoms with van der Waals surface area (Å²) < 4.78 is 33.6. The van der Waals surface area contributed by atoms with E-state index in [-0.39, 0.29) is 11.3 Å². The fourth-order valence-corrected chi connectivity index (χ4v) is 3.03. The normalized spacial score (nSPS) is 20.3. The number of halogens is 2. The lowest BCUT2D eigenvalue weighted by molar-refractivity contribution is 0.285. The molecule has 2 rings (SSSR count). The third kappa shape index (κ3) is 5.51. The Bertz CT molecular complexity index is 577. The number of unbranched alkanes of at least 4 members (excludes halogenated alkanes) is 3. The van der Waals surface area contributed by atoms with E-state index >= 15 is 0 Å². The monoisotopic (exact) mass is 334 g/mol. The van der Waals surface area contributed by atoms with Crippen LogP contribution in [0, 0.1) is 35.3 Å². The van der Waals surface area contributed by atoms with E-state index in [0.29, 0.717) is 12.5 Å². The van der Waals surface area contributed by atoms with Gasteiger partial charge in [-0.15, -0.1) is 0 Å². The minimum atomic E-state index is -0.922. The molecular formula is C21H28F2O. The maximum Gasteiger partial charge on any atom is 0.201 e. The lowest BCUT2D eigenvalue weighted by Crippen LogP contribution is -2.10. The molecule has 1 saturated carbocycles. The summed E-state index contributed by atoms with van der Waals surface area (Å²) in [6.07, 6.45) is 8.61. The number of benzene rings is 1. The van der Waals surface area contributed by atoms with Crippen molar-refractivity contribution in [2.75, 3.05) is 6.61 Å². The number of hydrogen-bond acceptors (Lipinski definition) is 1. The Kier molecular flexibility index (Phi) is 7.56. The van der Waals surface area contributed by atoms with Gasteiger partial charge in [0.2, 0.25) is 5.82 Å². The van der Waals surface area contributed by atoms with Crippen LogP contribution in [0.15, 0.2) is 12.1 Å². The first kappa shape index (κ1) is 18.8. The minimum absolute atomic E-state index is 0.0129. The van der Waals surface area contributed by atoms with Gasteiger partial charge in [0, 0.05) is 5.92 Å². The average Bonchev–Trinajstić information content (AvgIpc) is 2.59. The predicted octanol–water partition coefficient (Wildman–Crippen LogP) is 6.10. The first-order valence-electron chi connectivity index (χ1n) is 9.24. The van der Waals surface area contributed by atoms with Gasteiger partial charge in [0.1, 0.15) is 0 Å². The summed E-state index contributed by atoms with van der Waals surface area (Å²) >= 11 is 0. The van der Waals surface area contributed by atoms with Gasteiger partial charge in [0.05, 0.1) is 12.2 Å². The Balaban J connectivity index is 1.94. The van der Waals surface area contributed by atoms with Gasteiger partial charge >= 0.3 is 0 Å². The van der Waals surface area contributed by atoms with Gasteiger partial charge in [-0.2, -0.15) is 4.39 Å². The van der Waals surface area contributed by atoms with E-state index in [2.05, 4.69) is 25.7 Å². The topological polar surface area (TPSA) is 9.23 Å². The zero-order valence-corrected chi connectivity index (χ0v) is 14.8. The van der Waals surface area contributed by atoms with Crippen molar-refractivity contribution in [1.82, 2.24) is 0 Å². The fraction of sp³-hybridized carbons (Fsp3) is 0.619. The van der Waals surface area contributed by atoms with E-state index in [1.807, 2.05) is 0 Å². The minimum Gasteiger partial charge on any atom is -0.490 e. The maximum absolute atomic E-state index is 14.2. The third-order valence-corrected chi connectivity index (χ3v) is 4.73. The highest BCUT2D eigenvalue weighted by Gasteiger charge is 2.17. The molecule has 0 saturated heterocycles. The summed E-state index contributed by atoms with van der Waals surface area (Å²) in [5.41, 5.74) is 0.129. The summed E-state index contributed by atoms with van der Waals surface area (Å²) in [6, 6.07) is 3.02. The standard InChI is InChI=1S/C21H28F2O/c1-3-4-5-6-15-24-19-14-13-18(20(22)21(19)23)12-11-17-9-7-16(2)8-10-17/h13-14,16-17H,3-10,15H2,1-2H3. The largest absolute Gasteiger partial charge is 0.490 e. The third-order valence-electron chi connectivity index (χ3n) is 4.73. The number of ether oxygens (including phenoxy) is 1. The van der Waals surface area contributed by atoms with E-state index < -0.39 is 11.6 Å². The van der Waals surface area contributed by atoms with Crippen molar-refractivity contribution >= 4 is 0 Å². The van der Waals surface area contributed by atoms with Gasteiger partial charge in [-0.1, -0.05) is 45.0 Å². The van der Waals surface area contributed by atoms with Gasteiger partial charge in [0.15, 0.2) is 11.6 Å². The van der Waals surface area contributed by atoms with Crippen LogP contribution < -0.4 is 4.74 Å². The molecule has 1 aliphatic carbocycles. The second-order valence-corrected chi connectivity index (χ2v) is 6.87. The molecule has 3 heteroatoms. The van der Waals surface area contributed by atoms with Crippen LogP contribution in [0.25, 0.3) is 0 Å². The molecule has 1 aromatic rings. The Morgan fingerprint density at radius 3 is 2.50 bits per heavy atom. The molecule has 0 unspecified atom stereocenters. The van der Waals surface area contributed by atoms with Gasteiger partial charge < -0.3 is 4.74 Å². The van der Waals surface area contributed by atoms with E-state index in [1.54, 1.807) is 0 Å². The molecule has 24 heavy (non-hydrogen) atoms. The summed E-state index contributed by atoms with van der Waals surface area (Å²) in [4.78, 5) is 0. The summed E-state index contributed by atoms with van der Waals surface area (Å²) in [5.74, 6) is 5.18. The fourth-order valence-electron chi connectivity index (χ4n) is 3.03. The Morgan fingerprint density at radius 2 is 1.79 bits per heavy atom. The first-order valence-corrected chi connectivity index (χ1v) is 9.24. The molecule has 0 aliphatic heterocycles. The van der Waals surface area contributed by atoms with Crippen molar-refractivity contribution in [3.8, 4) is 17.6 Å². The van der Waals surface area contributed by atoms with Crippen LogP contribution in [-0.4, -0.2) is 6.61 Å². The molecule has 1 nitrogen and oxygen atoms in total. The highest BCUT2D eigenvalue weighted by molar-refractivity contribution is 5.41. The molecule has 0 radical (unpaired) electrons. The zero-order valence-electron chi connectivity index (χ0n) is 14.8. The van der Waals surface area contributed by atoms with Gasteiger partial charge in [-0.05, 0) is 50.2 Å². The van der Waals surface area contributed by atoms with Crippen molar-refractivity contribution in [3.63, 3.8) is 0 Å².